The zero-order valence-electron chi connectivity index (χ0n) is 16.2. The van der Waals surface area contributed by atoms with Crippen LogP contribution in [-0.4, -0.2) is 63.8 Å². The molecule has 7 heteroatoms. The van der Waals surface area contributed by atoms with E-state index in [1.54, 1.807) is 0 Å². The third-order valence-electron chi connectivity index (χ3n) is 4.44. The van der Waals surface area contributed by atoms with Gasteiger partial charge in [0.05, 0.1) is 0 Å². The first-order valence-electron chi connectivity index (χ1n) is 9.40. The minimum Gasteiger partial charge on any atom is -0.382 e. The standard InChI is InChI=1S/C20H29N5O2/c1-3-27-14-4-9-22-20(26)17(15-21)16-23-18-5-7-19(8-6-18)25-12-10-24(2)11-13-25/h5-8,16,23H,3-4,9-14H2,1-2H3,(H,22,26)/b17-16-. The Morgan fingerprint density at radius 1 is 1.26 bits per heavy atom. The molecule has 0 unspecified atom stereocenters. The first-order valence-corrected chi connectivity index (χ1v) is 9.40. The van der Waals surface area contributed by atoms with Crippen molar-refractivity contribution in [3.05, 3.63) is 36.0 Å². The molecule has 0 bridgehead atoms. The number of carbonyl (C=O) groups excluding carboxylic acids is 1. The van der Waals surface area contributed by atoms with Crippen LogP contribution >= 0.6 is 0 Å². The molecule has 0 spiro atoms. The summed E-state index contributed by atoms with van der Waals surface area (Å²) in [4.78, 5) is 16.7. The van der Waals surface area contributed by atoms with Crippen LogP contribution < -0.4 is 15.5 Å². The van der Waals surface area contributed by atoms with Crippen LogP contribution in [0.1, 0.15) is 13.3 Å². The fraction of sp³-hybridized carbons (Fsp3) is 0.500. The lowest BCUT2D eigenvalue weighted by Gasteiger charge is -2.34. The lowest BCUT2D eigenvalue weighted by Crippen LogP contribution is -2.44. The smallest absolute Gasteiger partial charge is 0.263 e. The maximum absolute atomic E-state index is 12.0. The average Bonchev–Trinajstić information content (AvgIpc) is 2.69. The Morgan fingerprint density at radius 2 is 1.96 bits per heavy atom. The zero-order valence-corrected chi connectivity index (χ0v) is 16.2. The molecule has 1 saturated heterocycles. The molecule has 7 nitrogen and oxygen atoms in total. The molecular weight excluding hydrogens is 342 g/mol. The minimum atomic E-state index is -0.379. The molecule has 1 fully saturated rings. The van der Waals surface area contributed by atoms with E-state index >= 15 is 0 Å². The van der Waals surface area contributed by atoms with Gasteiger partial charge >= 0.3 is 0 Å². The van der Waals surface area contributed by atoms with E-state index in [9.17, 15) is 10.1 Å². The molecule has 2 rings (SSSR count). The molecular formula is C20H29N5O2. The van der Waals surface area contributed by atoms with Crippen LogP contribution in [0, 0.1) is 11.3 Å². The lowest BCUT2D eigenvalue weighted by atomic mass is 10.2. The Bertz CT molecular complexity index is 658. The van der Waals surface area contributed by atoms with Crippen molar-refractivity contribution in [3.8, 4) is 6.07 Å². The molecule has 2 N–H and O–H groups in total. The molecule has 1 aromatic rings. The van der Waals surface area contributed by atoms with Gasteiger partial charge in [0.2, 0.25) is 0 Å². The fourth-order valence-corrected chi connectivity index (χ4v) is 2.75. The van der Waals surface area contributed by atoms with E-state index in [1.807, 2.05) is 25.1 Å². The van der Waals surface area contributed by atoms with Gasteiger partial charge < -0.3 is 25.2 Å². The SMILES string of the molecule is CCOCCCNC(=O)/C(C#N)=C\Nc1ccc(N2CCN(C)CC2)cc1. The molecule has 1 aromatic carbocycles. The highest BCUT2D eigenvalue weighted by Gasteiger charge is 2.14. The highest BCUT2D eigenvalue weighted by Crippen LogP contribution is 2.19. The van der Waals surface area contributed by atoms with Crippen LogP contribution in [-0.2, 0) is 9.53 Å². The summed E-state index contributed by atoms with van der Waals surface area (Å²) in [6.07, 6.45) is 2.17. The van der Waals surface area contributed by atoms with Gasteiger partial charge in [0, 0.05) is 63.5 Å². The molecule has 146 valence electrons. The largest absolute Gasteiger partial charge is 0.382 e. The highest BCUT2D eigenvalue weighted by molar-refractivity contribution is 5.97. The number of nitriles is 1. The predicted octanol–water partition coefficient (Wildman–Crippen LogP) is 1.80. The number of nitrogens with zero attached hydrogens (tertiary/aromatic N) is 3. The monoisotopic (exact) mass is 371 g/mol. The minimum absolute atomic E-state index is 0.0505. The summed E-state index contributed by atoms with van der Waals surface area (Å²) < 4.78 is 5.22. The van der Waals surface area contributed by atoms with E-state index in [2.05, 4.69) is 39.6 Å². The lowest BCUT2D eigenvalue weighted by molar-refractivity contribution is -0.117. The van der Waals surface area contributed by atoms with Crippen molar-refractivity contribution in [2.75, 3.05) is 63.2 Å². The maximum atomic E-state index is 12.0. The Kier molecular flexibility index (Phi) is 8.62. The van der Waals surface area contributed by atoms with E-state index in [4.69, 9.17) is 4.74 Å². The maximum Gasteiger partial charge on any atom is 0.263 e. The van der Waals surface area contributed by atoms with Gasteiger partial charge in [-0.2, -0.15) is 5.26 Å². The van der Waals surface area contributed by atoms with Gasteiger partial charge in [0.25, 0.3) is 5.91 Å². The van der Waals surface area contributed by atoms with Crippen LogP contribution in [0.4, 0.5) is 11.4 Å². The average molecular weight is 371 g/mol. The first kappa shape index (κ1) is 20.7. The van der Waals surface area contributed by atoms with Gasteiger partial charge in [-0.3, -0.25) is 4.79 Å². The molecule has 0 radical (unpaired) electrons. The van der Waals surface area contributed by atoms with Gasteiger partial charge in [-0.15, -0.1) is 0 Å². The summed E-state index contributed by atoms with van der Waals surface area (Å²) in [6.45, 7) is 7.84. The predicted molar refractivity (Wildman–Crippen MR) is 108 cm³/mol. The summed E-state index contributed by atoms with van der Waals surface area (Å²) >= 11 is 0. The summed E-state index contributed by atoms with van der Waals surface area (Å²) in [5.41, 5.74) is 2.07. The molecule has 0 aromatic heterocycles. The topological polar surface area (TPSA) is 80.6 Å². The van der Waals surface area contributed by atoms with E-state index in [0.29, 0.717) is 19.8 Å². The number of carbonyl (C=O) groups is 1. The molecule has 1 aliphatic heterocycles. The molecule has 0 saturated carbocycles. The van der Waals surface area contributed by atoms with Crippen molar-refractivity contribution >= 4 is 17.3 Å². The van der Waals surface area contributed by atoms with E-state index in [1.165, 1.54) is 11.9 Å². The van der Waals surface area contributed by atoms with Crippen LogP contribution in [0.3, 0.4) is 0 Å². The van der Waals surface area contributed by atoms with Crippen molar-refractivity contribution in [1.29, 1.82) is 5.26 Å². The Morgan fingerprint density at radius 3 is 2.59 bits per heavy atom. The van der Waals surface area contributed by atoms with Crippen molar-refractivity contribution in [1.82, 2.24) is 10.2 Å². The second kappa shape index (κ2) is 11.2. The Hall–Kier alpha value is -2.56. The van der Waals surface area contributed by atoms with Gasteiger partial charge in [0.15, 0.2) is 0 Å². The number of ether oxygens (including phenoxy) is 1. The molecule has 0 atom stereocenters. The first-order chi connectivity index (χ1) is 13.1. The van der Waals surface area contributed by atoms with Crippen LogP contribution in [0.5, 0.6) is 0 Å². The number of rotatable bonds is 9. The number of likely N-dealkylation sites (N-methyl/N-ethyl adjacent to an activating group) is 1. The normalized spacial score (nSPS) is 15.3. The van der Waals surface area contributed by atoms with E-state index in [0.717, 1.165) is 38.3 Å². The van der Waals surface area contributed by atoms with Crippen molar-refractivity contribution < 1.29 is 9.53 Å². The molecule has 0 aliphatic carbocycles. The van der Waals surface area contributed by atoms with Crippen LogP contribution in [0.25, 0.3) is 0 Å². The number of anilines is 2. The zero-order chi connectivity index (χ0) is 19.5. The van der Waals surface area contributed by atoms with Gasteiger partial charge in [-0.1, -0.05) is 0 Å². The number of hydrogen-bond donors (Lipinski definition) is 2. The molecule has 1 heterocycles. The van der Waals surface area contributed by atoms with Gasteiger partial charge in [-0.25, -0.2) is 0 Å². The fourth-order valence-electron chi connectivity index (χ4n) is 2.75. The second-order valence-corrected chi connectivity index (χ2v) is 6.46. The van der Waals surface area contributed by atoms with Gasteiger partial charge in [0.1, 0.15) is 11.6 Å². The highest BCUT2D eigenvalue weighted by atomic mass is 16.5. The van der Waals surface area contributed by atoms with E-state index in [-0.39, 0.29) is 11.5 Å². The van der Waals surface area contributed by atoms with Gasteiger partial charge in [-0.05, 0) is 44.7 Å². The Labute approximate surface area is 161 Å². The van der Waals surface area contributed by atoms with Crippen molar-refractivity contribution in [2.24, 2.45) is 0 Å². The summed E-state index contributed by atoms with van der Waals surface area (Å²) in [6, 6.07) is 9.96. The third-order valence-corrected chi connectivity index (χ3v) is 4.44. The van der Waals surface area contributed by atoms with Crippen LogP contribution in [0.2, 0.25) is 0 Å². The molecule has 1 amide bonds. The number of nitrogens with one attached hydrogen (secondary N) is 2. The summed E-state index contributed by atoms with van der Waals surface area (Å²) in [5, 5.41) is 14.9. The van der Waals surface area contributed by atoms with Crippen molar-refractivity contribution in [2.45, 2.75) is 13.3 Å². The molecule has 27 heavy (non-hydrogen) atoms. The second-order valence-electron chi connectivity index (χ2n) is 6.46. The number of piperazine rings is 1. The molecule has 1 aliphatic rings. The Balaban J connectivity index is 1.83. The number of amides is 1. The number of hydrogen-bond acceptors (Lipinski definition) is 6. The third kappa shape index (κ3) is 6.93. The summed E-state index contributed by atoms with van der Waals surface area (Å²) in [7, 11) is 2.14. The quantitative estimate of drug-likeness (QED) is 0.391. The van der Waals surface area contributed by atoms with Crippen molar-refractivity contribution in [3.63, 3.8) is 0 Å². The number of benzene rings is 1. The summed E-state index contributed by atoms with van der Waals surface area (Å²) in [5.74, 6) is -0.379. The van der Waals surface area contributed by atoms with E-state index < -0.39 is 0 Å². The van der Waals surface area contributed by atoms with Crippen LogP contribution in [0.15, 0.2) is 36.0 Å².